The van der Waals surface area contributed by atoms with Gasteiger partial charge in [-0.05, 0) is 36.4 Å². The molecule has 3 rings (SSSR count). The molecule has 22 heavy (non-hydrogen) atoms. The summed E-state index contributed by atoms with van der Waals surface area (Å²) in [6.45, 7) is 0.567. The molecule has 4 nitrogen and oxygen atoms in total. The van der Waals surface area contributed by atoms with Crippen molar-refractivity contribution in [3.63, 3.8) is 0 Å². The maximum Gasteiger partial charge on any atom is 0.251 e. The molecule has 0 radical (unpaired) electrons. The summed E-state index contributed by atoms with van der Waals surface area (Å²) in [6.07, 6.45) is 0.711. The molecule has 2 aromatic rings. The number of benzene rings is 2. The zero-order valence-corrected chi connectivity index (χ0v) is 12.9. The number of fused-ring (bicyclic) bond motifs is 1. The van der Waals surface area contributed by atoms with Gasteiger partial charge in [0, 0.05) is 22.6 Å². The van der Waals surface area contributed by atoms with Crippen LogP contribution < -0.4 is 14.8 Å². The summed E-state index contributed by atoms with van der Waals surface area (Å²) in [5.41, 5.74) is 1.48. The lowest BCUT2D eigenvalue weighted by Gasteiger charge is -2.27. The minimum atomic E-state index is -0.142. The molecule has 1 aliphatic rings. The molecule has 2 aromatic carbocycles. The Labute approximate surface area is 134 Å². The SMILES string of the molecule is COc1cccc(C(=O)NC2CCOc3ccc(Cl)cc32)c1. The van der Waals surface area contributed by atoms with Gasteiger partial charge in [-0.25, -0.2) is 0 Å². The third kappa shape index (κ3) is 3.02. The fraction of sp³-hybridized carbons (Fsp3) is 0.235. The highest BCUT2D eigenvalue weighted by molar-refractivity contribution is 6.30. The molecule has 1 unspecified atom stereocenters. The summed E-state index contributed by atoms with van der Waals surface area (Å²) in [5.74, 6) is 1.28. The quantitative estimate of drug-likeness (QED) is 0.941. The van der Waals surface area contributed by atoms with E-state index in [1.807, 2.05) is 12.1 Å². The summed E-state index contributed by atoms with van der Waals surface area (Å²) < 4.78 is 10.8. The molecule has 0 saturated carbocycles. The van der Waals surface area contributed by atoms with Gasteiger partial charge >= 0.3 is 0 Å². The van der Waals surface area contributed by atoms with Crippen LogP contribution in [-0.4, -0.2) is 19.6 Å². The van der Waals surface area contributed by atoms with E-state index in [2.05, 4.69) is 5.32 Å². The van der Waals surface area contributed by atoms with Crippen molar-refractivity contribution >= 4 is 17.5 Å². The molecule has 5 heteroatoms. The number of hydrogen-bond acceptors (Lipinski definition) is 3. The van der Waals surface area contributed by atoms with Crippen LogP contribution in [0.25, 0.3) is 0 Å². The van der Waals surface area contributed by atoms with Gasteiger partial charge in [-0.1, -0.05) is 17.7 Å². The summed E-state index contributed by atoms with van der Waals surface area (Å²) >= 11 is 6.05. The number of rotatable bonds is 3. The molecule has 0 aliphatic carbocycles. The van der Waals surface area contributed by atoms with Crippen molar-refractivity contribution in [2.75, 3.05) is 13.7 Å². The van der Waals surface area contributed by atoms with Crippen LogP contribution in [0.15, 0.2) is 42.5 Å². The van der Waals surface area contributed by atoms with Gasteiger partial charge in [0.1, 0.15) is 11.5 Å². The molecule has 0 fully saturated rings. The normalized spacial score (nSPS) is 16.4. The second-order valence-corrected chi connectivity index (χ2v) is 5.51. The average Bonchev–Trinajstić information content (AvgIpc) is 2.55. The van der Waals surface area contributed by atoms with E-state index >= 15 is 0 Å². The van der Waals surface area contributed by atoms with Crippen molar-refractivity contribution in [2.45, 2.75) is 12.5 Å². The number of amides is 1. The molecule has 1 heterocycles. The van der Waals surface area contributed by atoms with Crippen LogP contribution in [-0.2, 0) is 0 Å². The number of carbonyl (C=O) groups is 1. The average molecular weight is 318 g/mol. The number of methoxy groups -OCH3 is 1. The molecule has 0 spiro atoms. The summed E-state index contributed by atoms with van der Waals surface area (Å²) in [4.78, 5) is 12.4. The predicted octanol–water partition coefficient (Wildman–Crippen LogP) is 3.60. The highest BCUT2D eigenvalue weighted by Gasteiger charge is 2.23. The zero-order chi connectivity index (χ0) is 15.5. The fourth-order valence-corrected chi connectivity index (χ4v) is 2.70. The van der Waals surface area contributed by atoms with E-state index in [9.17, 15) is 4.79 Å². The smallest absolute Gasteiger partial charge is 0.251 e. The van der Waals surface area contributed by atoms with Crippen molar-refractivity contribution in [3.05, 3.63) is 58.6 Å². The van der Waals surface area contributed by atoms with Crippen molar-refractivity contribution in [1.29, 1.82) is 0 Å². The van der Waals surface area contributed by atoms with E-state index in [0.29, 0.717) is 29.4 Å². The van der Waals surface area contributed by atoms with E-state index in [1.54, 1.807) is 37.4 Å². The first-order chi connectivity index (χ1) is 10.7. The lowest BCUT2D eigenvalue weighted by molar-refractivity contribution is 0.0924. The maximum atomic E-state index is 12.4. The monoisotopic (exact) mass is 317 g/mol. The van der Waals surface area contributed by atoms with Gasteiger partial charge in [-0.3, -0.25) is 4.79 Å². The standard InChI is InChI=1S/C17H16ClNO3/c1-21-13-4-2-3-11(9-13)17(20)19-15-7-8-22-16-6-5-12(18)10-14(15)16/h2-6,9-10,15H,7-8H2,1H3,(H,19,20). The number of nitrogens with one attached hydrogen (secondary N) is 1. The van der Waals surface area contributed by atoms with Gasteiger partial charge < -0.3 is 14.8 Å². The molecular formula is C17H16ClNO3. The third-order valence-corrected chi connectivity index (χ3v) is 3.88. The first-order valence-corrected chi connectivity index (χ1v) is 7.42. The van der Waals surface area contributed by atoms with Crippen LogP contribution in [0.1, 0.15) is 28.4 Å². The van der Waals surface area contributed by atoms with E-state index in [0.717, 1.165) is 11.3 Å². The van der Waals surface area contributed by atoms with Crippen LogP contribution in [0.4, 0.5) is 0 Å². The van der Waals surface area contributed by atoms with Gasteiger partial charge in [0.2, 0.25) is 0 Å². The lowest BCUT2D eigenvalue weighted by Crippen LogP contribution is -2.32. The Morgan fingerprint density at radius 1 is 1.32 bits per heavy atom. The van der Waals surface area contributed by atoms with E-state index in [1.165, 1.54) is 0 Å². The zero-order valence-electron chi connectivity index (χ0n) is 12.1. The predicted molar refractivity (Wildman–Crippen MR) is 84.8 cm³/mol. The first kappa shape index (κ1) is 14.7. The lowest BCUT2D eigenvalue weighted by atomic mass is 10.00. The van der Waals surface area contributed by atoms with E-state index in [4.69, 9.17) is 21.1 Å². The van der Waals surface area contributed by atoms with Crippen LogP contribution in [0.3, 0.4) is 0 Å². The van der Waals surface area contributed by atoms with Crippen LogP contribution in [0.5, 0.6) is 11.5 Å². The largest absolute Gasteiger partial charge is 0.497 e. The minimum Gasteiger partial charge on any atom is -0.497 e. The molecular weight excluding hydrogens is 302 g/mol. The van der Waals surface area contributed by atoms with Crippen molar-refractivity contribution in [3.8, 4) is 11.5 Å². The Hall–Kier alpha value is -2.20. The number of hydrogen-bond donors (Lipinski definition) is 1. The van der Waals surface area contributed by atoms with Crippen molar-refractivity contribution in [2.24, 2.45) is 0 Å². The number of ether oxygens (including phenoxy) is 2. The Bertz CT molecular complexity index is 702. The molecule has 1 N–H and O–H groups in total. The molecule has 1 amide bonds. The second-order valence-electron chi connectivity index (χ2n) is 5.08. The van der Waals surface area contributed by atoms with Crippen LogP contribution >= 0.6 is 11.6 Å². The molecule has 1 aliphatic heterocycles. The highest BCUT2D eigenvalue weighted by Crippen LogP contribution is 2.34. The van der Waals surface area contributed by atoms with Gasteiger partial charge in [-0.2, -0.15) is 0 Å². The topological polar surface area (TPSA) is 47.6 Å². The Morgan fingerprint density at radius 3 is 3.00 bits per heavy atom. The van der Waals surface area contributed by atoms with E-state index in [-0.39, 0.29) is 11.9 Å². The molecule has 0 bridgehead atoms. The Kier molecular flexibility index (Phi) is 4.20. The molecule has 114 valence electrons. The van der Waals surface area contributed by atoms with Gasteiger partial charge in [0.15, 0.2) is 0 Å². The summed E-state index contributed by atoms with van der Waals surface area (Å²) in [7, 11) is 1.58. The third-order valence-electron chi connectivity index (χ3n) is 3.65. The summed E-state index contributed by atoms with van der Waals surface area (Å²) in [5, 5.41) is 3.67. The van der Waals surface area contributed by atoms with E-state index < -0.39 is 0 Å². The minimum absolute atomic E-state index is 0.110. The Morgan fingerprint density at radius 2 is 2.18 bits per heavy atom. The Balaban J connectivity index is 1.82. The summed E-state index contributed by atoms with van der Waals surface area (Å²) in [6, 6.07) is 12.4. The van der Waals surface area contributed by atoms with Crippen LogP contribution in [0.2, 0.25) is 5.02 Å². The second kappa shape index (κ2) is 6.28. The van der Waals surface area contributed by atoms with Crippen molar-refractivity contribution < 1.29 is 14.3 Å². The maximum absolute atomic E-state index is 12.4. The number of carbonyl (C=O) groups excluding carboxylic acids is 1. The van der Waals surface area contributed by atoms with Crippen molar-refractivity contribution in [1.82, 2.24) is 5.32 Å². The van der Waals surface area contributed by atoms with Gasteiger partial charge in [0.05, 0.1) is 19.8 Å². The number of halogens is 1. The molecule has 1 atom stereocenters. The molecule has 0 aromatic heterocycles. The van der Waals surface area contributed by atoms with Gasteiger partial charge in [-0.15, -0.1) is 0 Å². The molecule has 0 saturated heterocycles. The van der Waals surface area contributed by atoms with Crippen LogP contribution in [0, 0.1) is 0 Å². The van der Waals surface area contributed by atoms with Gasteiger partial charge in [0.25, 0.3) is 5.91 Å². The first-order valence-electron chi connectivity index (χ1n) is 7.04. The fourth-order valence-electron chi connectivity index (χ4n) is 2.52. The highest BCUT2D eigenvalue weighted by atomic mass is 35.5.